The van der Waals surface area contributed by atoms with Gasteiger partial charge in [0.1, 0.15) is 13.1 Å². The van der Waals surface area contributed by atoms with E-state index in [1.54, 1.807) is 0 Å². The SMILES string of the molecule is CN(C)c1ccc(C=Cc2cc[n+]3c(c2)-c2c(ccc4c2-c2c5ccccc5cc[n+]2CCC4)CCC3)cc1. The van der Waals surface area contributed by atoms with Crippen molar-refractivity contribution >= 4 is 28.6 Å². The molecule has 39 heavy (non-hydrogen) atoms. The highest BCUT2D eigenvalue weighted by atomic mass is 15.1. The van der Waals surface area contributed by atoms with Gasteiger partial charge < -0.3 is 4.90 Å². The van der Waals surface area contributed by atoms with Crippen molar-refractivity contribution in [1.82, 2.24) is 0 Å². The van der Waals surface area contributed by atoms with Crippen LogP contribution in [0.4, 0.5) is 5.69 Å². The molecule has 0 aliphatic carbocycles. The molecule has 2 aliphatic rings. The lowest BCUT2D eigenvalue weighted by atomic mass is 9.87. The number of nitrogens with zero attached hydrogens (tertiary/aromatic N) is 3. The van der Waals surface area contributed by atoms with Crippen molar-refractivity contribution in [3.8, 4) is 22.5 Å². The fourth-order valence-corrected chi connectivity index (χ4v) is 6.41. The lowest BCUT2D eigenvalue weighted by molar-refractivity contribution is -0.686. The quantitative estimate of drug-likeness (QED) is 0.241. The summed E-state index contributed by atoms with van der Waals surface area (Å²) in [6.45, 7) is 2.10. The van der Waals surface area contributed by atoms with E-state index in [9.17, 15) is 0 Å². The molecule has 0 saturated carbocycles. The zero-order valence-corrected chi connectivity index (χ0v) is 22.9. The van der Waals surface area contributed by atoms with E-state index in [0.29, 0.717) is 0 Å². The molecule has 0 bridgehead atoms. The molecule has 5 aromatic rings. The highest BCUT2D eigenvalue weighted by Gasteiger charge is 2.32. The Balaban J connectivity index is 1.41. The predicted molar refractivity (Wildman–Crippen MR) is 162 cm³/mol. The summed E-state index contributed by atoms with van der Waals surface area (Å²) in [5, 5.41) is 2.66. The largest absolute Gasteiger partial charge is 0.378 e. The van der Waals surface area contributed by atoms with Gasteiger partial charge >= 0.3 is 0 Å². The van der Waals surface area contributed by atoms with E-state index >= 15 is 0 Å². The minimum absolute atomic E-state index is 1.05. The second kappa shape index (κ2) is 9.81. The fraction of sp³-hybridized carbons (Fsp3) is 0.222. The number of anilines is 1. The molecule has 2 aromatic heterocycles. The number of aromatic nitrogens is 2. The molecule has 0 radical (unpaired) electrons. The van der Waals surface area contributed by atoms with Crippen molar-refractivity contribution in [3.05, 3.63) is 114 Å². The Kier molecular flexibility index (Phi) is 6.00. The Labute approximate surface area is 231 Å². The molecule has 3 nitrogen and oxygen atoms in total. The summed E-state index contributed by atoms with van der Waals surface area (Å²) in [4.78, 5) is 2.14. The molecule has 3 aromatic carbocycles. The molecule has 4 heterocycles. The fourth-order valence-electron chi connectivity index (χ4n) is 6.41. The number of rotatable bonds is 3. The molecule has 0 unspecified atom stereocenters. The third-order valence-corrected chi connectivity index (χ3v) is 8.44. The van der Waals surface area contributed by atoms with Crippen molar-refractivity contribution < 1.29 is 9.13 Å². The predicted octanol–water partition coefficient (Wildman–Crippen LogP) is 6.88. The maximum Gasteiger partial charge on any atom is 0.221 e. The number of pyridine rings is 2. The van der Waals surface area contributed by atoms with E-state index < -0.39 is 0 Å². The molecule has 0 saturated heterocycles. The van der Waals surface area contributed by atoms with Gasteiger partial charge in [-0.05, 0) is 58.7 Å². The summed E-state index contributed by atoms with van der Waals surface area (Å²) in [5.41, 5.74) is 12.2. The topological polar surface area (TPSA) is 11.0 Å². The van der Waals surface area contributed by atoms with Crippen LogP contribution >= 0.6 is 0 Å². The zero-order chi connectivity index (χ0) is 26.3. The standard InChI is InChI=1S/C36H35N3/c1-37(2)31-17-13-26(14-18-31)11-12-27-19-23-38-21-5-8-29-15-16-30-9-6-22-39-24-20-28-7-3-4-10-32(28)36(39)35(30)34(29)33(38)25-27/h3-4,7,10-20,23-25H,5-6,8-9,21-22H2,1-2H3/q+2. The molecule has 7 rings (SSSR count). The number of aryl methyl sites for hydroxylation is 4. The van der Waals surface area contributed by atoms with Crippen LogP contribution in [0.3, 0.4) is 0 Å². The summed E-state index contributed by atoms with van der Waals surface area (Å²) < 4.78 is 4.99. The molecule has 3 heteroatoms. The number of hydrogen-bond acceptors (Lipinski definition) is 1. The molecule has 0 atom stereocenters. The van der Waals surface area contributed by atoms with Crippen LogP contribution in [0.25, 0.3) is 45.4 Å². The second-order valence-corrected chi connectivity index (χ2v) is 11.1. The van der Waals surface area contributed by atoms with Gasteiger partial charge in [0.2, 0.25) is 11.4 Å². The smallest absolute Gasteiger partial charge is 0.221 e. The molecular weight excluding hydrogens is 474 g/mol. The van der Waals surface area contributed by atoms with Crippen molar-refractivity contribution in [2.45, 2.75) is 38.8 Å². The molecule has 0 fully saturated rings. The summed E-state index contributed by atoms with van der Waals surface area (Å²) >= 11 is 0. The molecule has 0 N–H and O–H groups in total. The summed E-state index contributed by atoms with van der Waals surface area (Å²) in [6.07, 6.45) is 13.6. The Hall–Kier alpha value is -4.24. The van der Waals surface area contributed by atoms with Crippen LogP contribution in [0.15, 0.2) is 91.3 Å². The van der Waals surface area contributed by atoms with E-state index in [2.05, 4.69) is 132 Å². The first-order valence-electron chi connectivity index (χ1n) is 14.2. The first kappa shape index (κ1) is 23.8. The molecule has 2 aliphatic heterocycles. The van der Waals surface area contributed by atoms with E-state index in [-0.39, 0.29) is 0 Å². The van der Waals surface area contributed by atoms with Gasteiger partial charge in [0.25, 0.3) is 0 Å². The van der Waals surface area contributed by atoms with E-state index in [1.807, 2.05) is 0 Å². The lowest BCUT2D eigenvalue weighted by Gasteiger charge is -2.15. The average molecular weight is 510 g/mol. The zero-order valence-electron chi connectivity index (χ0n) is 22.9. The first-order valence-corrected chi connectivity index (χ1v) is 14.2. The third-order valence-electron chi connectivity index (χ3n) is 8.44. The molecule has 192 valence electrons. The van der Waals surface area contributed by atoms with Gasteiger partial charge in [0.15, 0.2) is 12.4 Å². The van der Waals surface area contributed by atoms with Crippen LogP contribution < -0.4 is 14.0 Å². The van der Waals surface area contributed by atoms with Crippen molar-refractivity contribution in [1.29, 1.82) is 0 Å². The van der Waals surface area contributed by atoms with Gasteiger partial charge in [-0.25, -0.2) is 0 Å². The van der Waals surface area contributed by atoms with Crippen LogP contribution in [0.1, 0.15) is 35.1 Å². The highest BCUT2D eigenvalue weighted by molar-refractivity contribution is 5.98. The molecule has 0 amide bonds. The molecular formula is C36H35N3+2. The lowest BCUT2D eigenvalue weighted by Crippen LogP contribution is -2.36. The number of hydrogen-bond donors (Lipinski definition) is 0. The van der Waals surface area contributed by atoms with Crippen LogP contribution in [0.2, 0.25) is 0 Å². The maximum absolute atomic E-state index is 2.50. The van der Waals surface area contributed by atoms with Crippen molar-refractivity contribution in [2.75, 3.05) is 19.0 Å². The van der Waals surface area contributed by atoms with Gasteiger partial charge in [0.05, 0.1) is 16.5 Å². The van der Waals surface area contributed by atoms with Gasteiger partial charge in [-0.15, -0.1) is 0 Å². The normalized spacial score (nSPS) is 14.2. The minimum Gasteiger partial charge on any atom is -0.378 e. The van der Waals surface area contributed by atoms with Gasteiger partial charge in [-0.3, -0.25) is 0 Å². The van der Waals surface area contributed by atoms with Crippen LogP contribution in [-0.2, 0) is 25.9 Å². The monoisotopic (exact) mass is 509 g/mol. The Morgan fingerprint density at radius 1 is 0.667 bits per heavy atom. The van der Waals surface area contributed by atoms with Crippen LogP contribution in [0, 0.1) is 0 Å². The summed E-state index contributed by atoms with van der Waals surface area (Å²) in [6, 6.07) is 29.4. The average Bonchev–Trinajstić information content (AvgIpc) is 3.27. The third kappa shape index (κ3) is 4.32. The van der Waals surface area contributed by atoms with E-state index in [0.717, 1.165) is 38.8 Å². The Morgan fingerprint density at radius 3 is 2.15 bits per heavy atom. The second-order valence-electron chi connectivity index (χ2n) is 11.1. The number of benzene rings is 3. The Bertz CT molecular complexity index is 1730. The van der Waals surface area contributed by atoms with Gasteiger partial charge in [-0.2, -0.15) is 9.13 Å². The number of fused-ring (bicyclic) bond motifs is 9. The minimum atomic E-state index is 1.05. The molecule has 0 spiro atoms. The van der Waals surface area contributed by atoms with Gasteiger partial charge in [0, 0.05) is 50.8 Å². The van der Waals surface area contributed by atoms with Crippen LogP contribution in [-0.4, -0.2) is 14.1 Å². The summed E-state index contributed by atoms with van der Waals surface area (Å²) in [7, 11) is 4.16. The Morgan fingerprint density at radius 2 is 1.36 bits per heavy atom. The highest BCUT2D eigenvalue weighted by Crippen LogP contribution is 2.41. The first-order chi connectivity index (χ1) is 19.2. The van der Waals surface area contributed by atoms with Gasteiger partial charge in [-0.1, -0.05) is 54.6 Å². The van der Waals surface area contributed by atoms with Crippen LogP contribution in [0.5, 0.6) is 0 Å². The van der Waals surface area contributed by atoms with E-state index in [1.165, 1.54) is 61.2 Å². The summed E-state index contributed by atoms with van der Waals surface area (Å²) in [5.74, 6) is 0. The van der Waals surface area contributed by atoms with Crippen molar-refractivity contribution in [2.24, 2.45) is 0 Å². The van der Waals surface area contributed by atoms with E-state index in [4.69, 9.17) is 0 Å². The maximum atomic E-state index is 2.50. The van der Waals surface area contributed by atoms with Crippen molar-refractivity contribution in [3.63, 3.8) is 0 Å².